The number of rotatable bonds is 8. The Bertz CT molecular complexity index is 1010. The Morgan fingerprint density at radius 3 is 2.58 bits per heavy atom. The van der Waals surface area contributed by atoms with Crippen molar-refractivity contribution in [3.63, 3.8) is 0 Å². The van der Waals surface area contributed by atoms with E-state index in [0.717, 1.165) is 24.6 Å². The van der Waals surface area contributed by atoms with Crippen LogP contribution in [-0.4, -0.2) is 61.6 Å². The molecule has 7 nitrogen and oxygen atoms in total. The molecular formula is C24H26FN3O4S. The lowest BCUT2D eigenvalue weighted by Gasteiger charge is -2.29. The van der Waals surface area contributed by atoms with Gasteiger partial charge in [-0.05, 0) is 18.2 Å². The van der Waals surface area contributed by atoms with E-state index >= 15 is 0 Å². The summed E-state index contributed by atoms with van der Waals surface area (Å²) in [6.07, 6.45) is -0.962. The zero-order valence-corrected chi connectivity index (χ0v) is 19.0. The zero-order chi connectivity index (χ0) is 23.2. The number of Topliss-reactive ketones (excluding diaryl/α,β-unsaturated/α-hetero) is 1. The summed E-state index contributed by atoms with van der Waals surface area (Å²) in [5.41, 5.74) is 1.54. The number of carbonyl (C=O) groups excluding carboxylic acids is 3. The van der Waals surface area contributed by atoms with Crippen LogP contribution in [0.2, 0.25) is 0 Å². The molecule has 0 spiro atoms. The molecule has 2 amide bonds. The number of amides is 2. The summed E-state index contributed by atoms with van der Waals surface area (Å²) in [6, 6.07) is 13.6. The summed E-state index contributed by atoms with van der Waals surface area (Å²) in [5, 5.41) is 2.71. The number of hydrogen-bond acceptors (Lipinski definition) is 6. The van der Waals surface area contributed by atoms with Crippen LogP contribution in [0.3, 0.4) is 0 Å². The molecule has 2 saturated heterocycles. The quantitative estimate of drug-likeness (QED) is 0.594. The second-order valence-corrected chi connectivity index (χ2v) is 9.17. The molecule has 0 saturated carbocycles. The third kappa shape index (κ3) is 5.84. The van der Waals surface area contributed by atoms with Crippen molar-refractivity contribution < 1.29 is 23.5 Å². The van der Waals surface area contributed by atoms with E-state index in [1.807, 2.05) is 22.7 Å². The minimum Gasteiger partial charge on any atom is -0.442 e. The highest BCUT2D eigenvalue weighted by atomic mass is 32.2. The van der Waals surface area contributed by atoms with Gasteiger partial charge in [-0.2, -0.15) is 11.8 Å². The van der Waals surface area contributed by atoms with Crippen molar-refractivity contribution in [2.75, 3.05) is 47.5 Å². The molecule has 2 aliphatic rings. The first kappa shape index (κ1) is 23.1. The lowest BCUT2D eigenvalue weighted by molar-refractivity contribution is -0.121. The van der Waals surface area contributed by atoms with Gasteiger partial charge in [0.25, 0.3) is 0 Å². The Kier molecular flexibility index (Phi) is 7.49. The zero-order valence-electron chi connectivity index (χ0n) is 18.2. The van der Waals surface area contributed by atoms with Crippen LogP contribution in [0.1, 0.15) is 23.2 Å². The second-order valence-electron chi connectivity index (χ2n) is 7.94. The molecule has 1 N–H and O–H groups in total. The fourth-order valence-corrected chi connectivity index (χ4v) is 4.78. The van der Waals surface area contributed by atoms with Gasteiger partial charge in [-0.15, -0.1) is 0 Å². The Morgan fingerprint density at radius 1 is 1.09 bits per heavy atom. The van der Waals surface area contributed by atoms with E-state index in [-0.39, 0.29) is 43.4 Å². The maximum Gasteiger partial charge on any atom is 0.414 e. The van der Waals surface area contributed by atoms with Gasteiger partial charge in [-0.1, -0.05) is 30.3 Å². The molecule has 4 rings (SSSR count). The normalized spacial score (nSPS) is 18.2. The number of nitrogens with zero attached hydrogens (tertiary/aromatic N) is 2. The van der Waals surface area contributed by atoms with Gasteiger partial charge in [0.2, 0.25) is 5.91 Å². The van der Waals surface area contributed by atoms with Gasteiger partial charge in [-0.3, -0.25) is 14.5 Å². The highest BCUT2D eigenvalue weighted by Gasteiger charge is 2.33. The lowest BCUT2D eigenvalue weighted by atomic mass is 10.1. The number of benzene rings is 2. The average molecular weight is 472 g/mol. The number of anilines is 2. The van der Waals surface area contributed by atoms with Crippen molar-refractivity contribution >= 4 is 40.9 Å². The van der Waals surface area contributed by atoms with Crippen LogP contribution in [0.15, 0.2) is 48.5 Å². The molecule has 2 heterocycles. The summed E-state index contributed by atoms with van der Waals surface area (Å²) in [5.74, 6) is 1.18. The van der Waals surface area contributed by atoms with Gasteiger partial charge >= 0.3 is 6.09 Å². The summed E-state index contributed by atoms with van der Waals surface area (Å²) < 4.78 is 20.1. The Labute approximate surface area is 196 Å². The number of thioether (sulfide) groups is 1. The molecule has 9 heteroatoms. The average Bonchev–Trinajstić information content (AvgIpc) is 3.22. The Hall–Kier alpha value is -3.07. The van der Waals surface area contributed by atoms with Gasteiger partial charge in [0.15, 0.2) is 5.78 Å². The molecule has 0 aliphatic carbocycles. The molecule has 0 aromatic heterocycles. The van der Waals surface area contributed by atoms with Crippen molar-refractivity contribution in [1.29, 1.82) is 0 Å². The van der Waals surface area contributed by atoms with Crippen molar-refractivity contribution in [2.45, 2.75) is 18.9 Å². The highest BCUT2D eigenvalue weighted by molar-refractivity contribution is 7.99. The molecule has 0 unspecified atom stereocenters. The number of ketones is 1. The maximum absolute atomic E-state index is 14.7. The van der Waals surface area contributed by atoms with Gasteiger partial charge in [0.1, 0.15) is 11.9 Å². The van der Waals surface area contributed by atoms with E-state index in [4.69, 9.17) is 4.74 Å². The van der Waals surface area contributed by atoms with Gasteiger partial charge in [-0.25, -0.2) is 9.18 Å². The van der Waals surface area contributed by atoms with E-state index in [1.54, 1.807) is 36.4 Å². The summed E-state index contributed by atoms with van der Waals surface area (Å²) >= 11 is 1.85. The molecule has 33 heavy (non-hydrogen) atoms. The predicted molar refractivity (Wildman–Crippen MR) is 127 cm³/mol. The fraction of sp³-hybridized carbons (Fsp3) is 0.375. The third-order valence-electron chi connectivity index (χ3n) is 5.67. The standard InChI is InChI=1S/C24H26FN3O4S/c25-20-14-18(6-7-21(20)27-10-12-33-13-11-27)28-16-19(32-24(28)31)15-26-23(30)9-8-22(29)17-4-2-1-3-5-17/h1-7,14,19H,8-13,15-16H2,(H,26,30)/t19-/m0/s1. The Morgan fingerprint density at radius 2 is 1.85 bits per heavy atom. The predicted octanol–water partition coefficient (Wildman–Crippen LogP) is 3.48. The van der Waals surface area contributed by atoms with Crippen LogP contribution in [0.25, 0.3) is 0 Å². The number of carbonyl (C=O) groups is 3. The first-order chi connectivity index (χ1) is 16.0. The first-order valence-electron chi connectivity index (χ1n) is 11.0. The lowest BCUT2D eigenvalue weighted by Crippen LogP contribution is -2.35. The summed E-state index contributed by atoms with van der Waals surface area (Å²) in [6.45, 7) is 1.94. The van der Waals surface area contributed by atoms with E-state index in [9.17, 15) is 18.8 Å². The van der Waals surface area contributed by atoms with Crippen molar-refractivity contribution in [2.24, 2.45) is 0 Å². The van der Waals surface area contributed by atoms with Crippen LogP contribution in [0.4, 0.5) is 20.6 Å². The third-order valence-corrected chi connectivity index (χ3v) is 6.61. The molecule has 0 radical (unpaired) electrons. The van der Waals surface area contributed by atoms with Crippen molar-refractivity contribution in [3.05, 3.63) is 59.9 Å². The molecular weight excluding hydrogens is 445 g/mol. The highest BCUT2D eigenvalue weighted by Crippen LogP contribution is 2.29. The number of cyclic esters (lactones) is 1. The fourth-order valence-electron chi connectivity index (χ4n) is 3.87. The van der Waals surface area contributed by atoms with Crippen LogP contribution < -0.4 is 15.1 Å². The topological polar surface area (TPSA) is 79.0 Å². The SMILES string of the molecule is O=C(CCC(=O)c1ccccc1)NC[C@H]1CN(c2ccc(N3CCSCC3)c(F)c2)C(=O)O1. The van der Waals surface area contributed by atoms with Crippen molar-refractivity contribution in [3.8, 4) is 0 Å². The van der Waals surface area contributed by atoms with Crippen LogP contribution in [0, 0.1) is 5.82 Å². The van der Waals surface area contributed by atoms with Gasteiger partial charge in [0.05, 0.1) is 24.5 Å². The van der Waals surface area contributed by atoms with Crippen LogP contribution in [0.5, 0.6) is 0 Å². The summed E-state index contributed by atoms with van der Waals surface area (Å²) in [4.78, 5) is 39.9. The monoisotopic (exact) mass is 471 g/mol. The molecule has 174 valence electrons. The van der Waals surface area contributed by atoms with E-state index < -0.39 is 12.2 Å². The molecule has 2 aliphatic heterocycles. The van der Waals surface area contributed by atoms with Crippen LogP contribution >= 0.6 is 11.8 Å². The number of ether oxygens (including phenoxy) is 1. The minimum atomic E-state index is -0.574. The molecule has 2 aromatic carbocycles. The minimum absolute atomic E-state index is 0.0553. The molecule has 2 fully saturated rings. The van der Waals surface area contributed by atoms with Crippen molar-refractivity contribution in [1.82, 2.24) is 5.32 Å². The number of hydrogen-bond donors (Lipinski definition) is 1. The smallest absolute Gasteiger partial charge is 0.414 e. The van der Waals surface area contributed by atoms with Gasteiger partial charge in [0, 0.05) is 43.0 Å². The first-order valence-corrected chi connectivity index (χ1v) is 12.1. The van der Waals surface area contributed by atoms with Crippen LogP contribution in [-0.2, 0) is 9.53 Å². The largest absolute Gasteiger partial charge is 0.442 e. The van der Waals surface area contributed by atoms with Gasteiger partial charge < -0.3 is 15.0 Å². The second kappa shape index (κ2) is 10.7. The molecule has 2 aromatic rings. The molecule has 0 bridgehead atoms. The number of halogens is 1. The maximum atomic E-state index is 14.7. The van der Waals surface area contributed by atoms with E-state index in [0.29, 0.717) is 16.9 Å². The van der Waals surface area contributed by atoms with E-state index in [2.05, 4.69) is 5.32 Å². The number of nitrogens with one attached hydrogen (secondary N) is 1. The van der Waals surface area contributed by atoms with E-state index in [1.165, 1.54) is 11.0 Å². The summed E-state index contributed by atoms with van der Waals surface area (Å²) in [7, 11) is 0. The Balaban J connectivity index is 1.26. The molecule has 1 atom stereocenters.